The van der Waals surface area contributed by atoms with Crippen LogP contribution in [-0.2, 0) is 0 Å². The summed E-state index contributed by atoms with van der Waals surface area (Å²) in [7, 11) is 0. The number of aromatic hydroxyl groups is 1. The molecule has 0 radical (unpaired) electrons. The first kappa shape index (κ1) is 12.4. The number of phenolic OH excluding ortho intramolecular Hbond substituents is 1. The third kappa shape index (κ3) is 2.63. The van der Waals surface area contributed by atoms with Crippen molar-refractivity contribution in [1.29, 1.82) is 0 Å². The molecule has 0 amide bonds. The molecule has 1 aromatic rings. The van der Waals surface area contributed by atoms with Gasteiger partial charge in [-0.2, -0.15) is 0 Å². The van der Waals surface area contributed by atoms with E-state index in [1.165, 1.54) is 19.3 Å². The Morgan fingerprint density at radius 3 is 2.41 bits per heavy atom. The highest BCUT2D eigenvalue weighted by atomic mass is 16.3. The van der Waals surface area contributed by atoms with Gasteiger partial charge in [-0.25, -0.2) is 0 Å². The maximum atomic E-state index is 10.4. The lowest BCUT2D eigenvalue weighted by molar-refractivity contribution is 0.0825. The number of hydrogen-bond donors (Lipinski definition) is 2. The summed E-state index contributed by atoms with van der Waals surface area (Å²) in [6, 6.07) is 3.87. The third-order valence-corrected chi connectivity index (χ3v) is 3.89. The van der Waals surface area contributed by atoms with E-state index in [2.05, 4.69) is 0 Å². The zero-order valence-corrected chi connectivity index (χ0v) is 10.7. The van der Waals surface area contributed by atoms with Gasteiger partial charge >= 0.3 is 0 Å². The smallest absolute Gasteiger partial charge is 0.124 e. The molecule has 17 heavy (non-hydrogen) atoms. The van der Waals surface area contributed by atoms with Gasteiger partial charge in [-0.1, -0.05) is 30.9 Å². The van der Waals surface area contributed by atoms with Crippen molar-refractivity contribution < 1.29 is 10.2 Å². The van der Waals surface area contributed by atoms with Gasteiger partial charge in [-0.3, -0.25) is 0 Å². The lowest BCUT2D eigenvalue weighted by Gasteiger charge is -2.27. The molecule has 1 aliphatic carbocycles. The van der Waals surface area contributed by atoms with Gasteiger partial charge in [0.15, 0.2) is 0 Å². The van der Waals surface area contributed by atoms with E-state index in [0.29, 0.717) is 5.92 Å². The highest BCUT2D eigenvalue weighted by molar-refractivity contribution is 5.44. The molecule has 0 bridgehead atoms. The zero-order chi connectivity index (χ0) is 12.4. The summed E-state index contributed by atoms with van der Waals surface area (Å²) in [5.41, 5.74) is 2.68. The van der Waals surface area contributed by atoms with Gasteiger partial charge in [-0.05, 0) is 44.2 Å². The Bertz CT molecular complexity index is 392. The van der Waals surface area contributed by atoms with Crippen molar-refractivity contribution in [3.05, 3.63) is 28.8 Å². The summed E-state index contributed by atoms with van der Waals surface area (Å²) in [5, 5.41) is 20.5. The van der Waals surface area contributed by atoms with Crippen LogP contribution in [0.25, 0.3) is 0 Å². The minimum Gasteiger partial charge on any atom is -0.507 e. The van der Waals surface area contributed by atoms with E-state index in [0.717, 1.165) is 29.5 Å². The Kier molecular flexibility index (Phi) is 3.72. The predicted octanol–water partition coefficient (Wildman–Crippen LogP) is 3.62. The first-order valence-corrected chi connectivity index (χ1v) is 6.58. The Morgan fingerprint density at radius 1 is 1.12 bits per heavy atom. The molecule has 0 aromatic heterocycles. The van der Waals surface area contributed by atoms with Crippen LogP contribution in [0.3, 0.4) is 0 Å². The van der Waals surface area contributed by atoms with Gasteiger partial charge < -0.3 is 10.2 Å². The molecule has 1 atom stereocenters. The van der Waals surface area contributed by atoms with E-state index in [-0.39, 0.29) is 5.75 Å². The van der Waals surface area contributed by atoms with Gasteiger partial charge in [0.2, 0.25) is 0 Å². The molecule has 94 valence electrons. The zero-order valence-electron chi connectivity index (χ0n) is 10.7. The second-order valence-corrected chi connectivity index (χ2v) is 5.36. The number of hydrogen-bond acceptors (Lipinski definition) is 2. The molecular formula is C15H22O2. The number of aliphatic hydroxyl groups excluding tert-OH is 1. The standard InChI is InChI=1S/C15H22O2/c1-10-8-11(2)14(16)13(9-10)15(17)12-6-4-3-5-7-12/h8-9,12,15-17H,3-7H2,1-2H3/t15-/m0/s1. The van der Waals surface area contributed by atoms with Gasteiger partial charge in [0, 0.05) is 5.56 Å². The quantitative estimate of drug-likeness (QED) is 0.820. The van der Waals surface area contributed by atoms with Crippen molar-refractivity contribution in [2.24, 2.45) is 5.92 Å². The van der Waals surface area contributed by atoms with E-state index < -0.39 is 6.10 Å². The van der Waals surface area contributed by atoms with Crippen LogP contribution in [0.5, 0.6) is 5.75 Å². The third-order valence-electron chi connectivity index (χ3n) is 3.89. The molecule has 2 N–H and O–H groups in total. The maximum absolute atomic E-state index is 10.4. The fraction of sp³-hybridized carbons (Fsp3) is 0.600. The van der Waals surface area contributed by atoms with Crippen LogP contribution in [0.1, 0.15) is 54.9 Å². The average molecular weight is 234 g/mol. The van der Waals surface area contributed by atoms with Crippen molar-refractivity contribution in [2.75, 3.05) is 0 Å². The number of aryl methyl sites for hydroxylation is 2. The monoisotopic (exact) mass is 234 g/mol. The van der Waals surface area contributed by atoms with E-state index >= 15 is 0 Å². The lowest BCUT2D eigenvalue weighted by Crippen LogP contribution is -2.16. The predicted molar refractivity (Wildman–Crippen MR) is 69.1 cm³/mol. The topological polar surface area (TPSA) is 40.5 Å². The fourth-order valence-electron chi connectivity index (χ4n) is 2.92. The van der Waals surface area contributed by atoms with Crippen LogP contribution in [0.15, 0.2) is 12.1 Å². The van der Waals surface area contributed by atoms with Crippen LogP contribution >= 0.6 is 0 Å². The van der Waals surface area contributed by atoms with Crippen LogP contribution in [0.2, 0.25) is 0 Å². The van der Waals surface area contributed by atoms with E-state index in [1.807, 2.05) is 26.0 Å². The van der Waals surface area contributed by atoms with Gasteiger partial charge in [0.05, 0.1) is 6.10 Å². The van der Waals surface area contributed by atoms with Crippen LogP contribution in [-0.4, -0.2) is 10.2 Å². The minimum atomic E-state index is -0.506. The summed E-state index contributed by atoms with van der Waals surface area (Å²) >= 11 is 0. The van der Waals surface area contributed by atoms with E-state index in [1.54, 1.807) is 0 Å². The Balaban J connectivity index is 2.26. The highest BCUT2D eigenvalue weighted by Gasteiger charge is 2.25. The number of aliphatic hydroxyl groups is 1. The SMILES string of the molecule is Cc1cc(C)c(O)c([C@@H](O)C2CCCCC2)c1. The molecule has 2 heteroatoms. The molecule has 0 saturated heterocycles. The molecule has 1 saturated carbocycles. The van der Waals surface area contributed by atoms with E-state index in [9.17, 15) is 10.2 Å². The molecular weight excluding hydrogens is 212 g/mol. The first-order valence-electron chi connectivity index (χ1n) is 6.58. The minimum absolute atomic E-state index is 0.272. The van der Waals surface area contributed by atoms with Crippen molar-refractivity contribution in [2.45, 2.75) is 52.1 Å². The number of rotatable bonds is 2. The lowest BCUT2D eigenvalue weighted by atomic mass is 9.82. The van der Waals surface area contributed by atoms with Crippen molar-refractivity contribution >= 4 is 0 Å². The Hall–Kier alpha value is -1.02. The summed E-state index contributed by atoms with van der Waals surface area (Å²) in [6.45, 7) is 3.89. The average Bonchev–Trinajstić information content (AvgIpc) is 2.34. The number of phenols is 1. The molecule has 0 aliphatic heterocycles. The molecule has 2 rings (SSSR count). The van der Waals surface area contributed by atoms with E-state index in [4.69, 9.17) is 0 Å². The fourth-order valence-corrected chi connectivity index (χ4v) is 2.92. The first-order chi connectivity index (χ1) is 8.09. The Labute approximate surface area is 103 Å². The summed E-state index contributed by atoms with van der Waals surface area (Å²) < 4.78 is 0. The summed E-state index contributed by atoms with van der Waals surface area (Å²) in [6.07, 6.45) is 5.33. The van der Waals surface area contributed by atoms with Gasteiger partial charge in [0.1, 0.15) is 5.75 Å². The number of benzene rings is 1. The molecule has 1 fully saturated rings. The van der Waals surface area contributed by atoms with Crippen LogP contribution in [0.4, 0.5) is 0 Å². The molecule has 2 nitrogen and oxygen atoms in total. The molecule has 1 aliphatic rings. The summed E-state index contributed by atoms with van der Waals surface area (Å²) in [4.78, 5) is 0. The molecule has 0 heterocycles. The van der Waals surface area contributed by atoms with Crippen molar-refractivity contribution in [3.63, 3.8) is 0 Å². The van der Waals surface area contributed by atoms with Gasteiger partial charge in [-0.15, -0.1) is 0 Å². The van der Waals surface area contributed by atoms with Crippen LogP contribution in [0, 0.1) is 19.8 Å². The van der Waals surface area contributed by atoms with Crippen LogP contribution < -0.4 is 0 Å². The van der Waals surface area contributed by atoms with Crippen molar-refractivity contribution in [1.82, 2.24) is 0 Å². The Morgan fingerprint density at radius 2 is 1.76 bits per heavy atom. The normalized spacial score (nSPS) is 19.2. The molecule has 0 unspecified atom stereocenters. The molecule has 0 spiro atoms. The van der Waals surface area contributed by atoms with Gasteiger partial charge in [0.25, 0.3) is 0 Å². The van der Waals surface area contributed by atoms with Crippen molar-refractivity contribution in [3.8, 4) is 5.75 Å². The second kappa shape index (κ2) is 5.09. The summed E-state index contributed by atoms with van der Waals surface area (Å²) in [5.74, 6) is 0.588. The highest BCUT2D eigenvalue weighted by Crippen LogP contribution is 2.38. The second-order valence-electron chi connectivity index (χ2n) is 5.36. The molecule has 1 aromatic carbocycles. The largest absolute Gasteiger partial charge is 0.507 e. The maximum Gasteiger partial charge on any atom is 0.124 e.